The molecule has 1 heterocycles. The minimum atomic E-state index is -0.234. The maximum atomic E-state index is 11.8. The van der Waals surface area contributed by atoms with Crippen LogP contribution in [0.2, 0.25) is 0 Å². The average Bonchev–Trinajstić information content (AvgIpc) is 2.91. The second-order valence-electron chi connectivity index (χ2n) is 3.29. The van der Waals surface area contributed by atoms with Crippen LogP contribution in [0.1, 0.15) is 10.4 Å². The zero-order valence-corrected chi connectivity index (χ0v) is 9.44. The molecule has 0 aliphatic rings. The molecule has 1 aromatic carbocycles. The van der Waals surface area contributed by atoms with E-state index in [1.54, 1.807) is 31.3 Å². The van der Waals surface area contributed by atoms with Crippen molar-refractivity contribution in [2.24, 2.45) is 0 Å². The minimum absolute atomic E-state index is 0.234. The quantitative estimate of drug-likeness (QED) is 0.713. The standard InChI is InChI=1S/C10H11N5O2/c1-14(17-2)10(16)8-4-3-5-9(6-8)15-7-11-12-13-15/h3-7H,1-2H3. The lowest BCUT2D eigenvalue weighted by molar-refractivity contribution is -0.0756. The first-order valence-electron chi connectivity index (χ1n) is 4.88. The fourth-order valence-electron chi connectivity index (χ4n) is 1.33. The zero-order valence-electron chi connectivity index (χ0n) is 9.44. The van der Waals surface area contributed by atoms with Crippen molar-refractivity contribution in [1.82, 2.24) is 25.3 Å². The molecule has 88 valence electrons. The molecule has 7 nitrogen and oxygen atoms in total. The van der Waals surface area contributed by atoms with E-state index in [0.29, 0.717) is 11.3 Å². The second kappa shape index (κ2) is 4.71. The van der Waals surface area contributed by atoms with E-state index in [0.717, 1.165) is 5.06 Å². The van der Waals surface area contributed by atoms with E-state index < -0.39 is 0 Å². The number of amides is 1. The molecule has 17 heavy (non-hydrogen) atoms. The molecule has 1 amide bonds. The molecule has 0 fully saturated rings. The summed E-state index contributed by atoms with van der Waals surface area (Å²) < 4.78 is 1.48. The van der Waals surface area contributed by atoms with Gasteiger partial charge in [-0.1, -0.05) is 6.07 Å². The van der Waals surface area contributed by atoms with Crippen LogP contribution in [0.4, 0.5) is 0 Å². The van der Waals surface area contributed by atoms with Crippen LogP contribution in [0.5, 0.6) is 0 Å². The molecule has 0 radical (unpaired) electrons. The summed E-state index contributed by atoms with van der Waals surface area (Å²) in [5.41, 5.74) is 1.22. The third kappa shape index (κ3) is 2.28. The highest BCUT2D eigenvalue weighted by molar-refractivity contribution is 5.93. The van der Waals surface area contributed by atoms with Gasteiger partial charge in [0.25, 0.3) is 5.91 Å². The smallest absolute Gasteiger partial charge is 0.274 e. The Bertz CT molecular complexity index is 511. The lowest BCUT2D eigenvalue weighted by atomic mass is 10.2. The first-order chi connectivity index (χ1) is 8.22. The van der Waals surface area contributed by atoms with Crippen molar-refractivity contribution in [2.75, 3.05) is 14.2 Å². The van der Waals surface area contributed by atoms with E-state index in [9.17, 15) is 4.79 Å². The Kier molecular flexibility index (Phi) is 3.10. The number of hydrogen-bond acceptors (Lipinski definition) is 5. The van der Waals surface area contributed by atoms with Gasteiger partial charge in [-0.25, -0.2) is 9.75 Å². The fraction of sp³-hybridized carbons (Fsp3) is 0.200. The second-order valence-corrected chi connectivity index (χ2v) is 3.29. The number of benzene rings is 1. The van der Waals surface area contributed by atoms with Gasteiger partial charge < -0.3 is 0 Å². The summed E-state index contributed by atoms with van der Waals surface area (Å²) in [5, 5.41) is 12.0. The molecule has 0 bridgehead atoms. The van der Waals surface area contributed by atoms with Crippen molar-refractivity contribution in [2.45, 2.75) is 0 Å². The van der Waals surface area contributed by atoms with E-state index in [1.165, 1.54) is 18.1 Å². The molecular formula is C10H11N5O2. The molecule has 7 heteroatoms. The number of carbonyl (C=O) groups excluding carboxylic acids is 1. The van der Waals surface area contributed by atoms with Crippen molar-refractivity contribution in [3.8, 4) is 5.69 Å². The van der Waals surface area contributed by atoms with Crippen molar-refractivity contribution >= 4 is 5.91 Å². The Morgan fingerprint density at radius 3 is 2.94 bits per heavy atom. The molecule has 0 unspecified atom stereocenters. The molecule has 0 saturated carbocycles. The lowest BCUT2D eigenvalue weighted by Crippen LogP contribution is -2.25. The van der Waals surface area contributed by atoms with Gasteiger partial charge in [-0.05, 0) is 28.6 Å². The zero-order chi connectivity index (χ0) is 12.3. The normalized spacial score (nSPS) is 10.2. The van der Waals surface area contributed by atoms with E-state index in [-0.39, 0.29) is 5.91 Å². The molecule has 0 N–H and O–H groups in total. The molecule has 0 aliphatic carbocycles. The highest BCUT2D eigenvalue weighted by atomic mass is 16.7. The Labute approximate surface area is 97.6 Å². The summed E-state index contributed by atoms with van der Waals surface area (Å²) in [7, 11) is 2.98. The Balaban J connectivity index is 2.32. The Hall–Kier alpha value is -2.28. The van der Waals surface area contributed by atoms with Crippen LogP contribution in [0.15, 0.2) is 30.6 Å². The van der Waals surface area contributed by atoms with Gasteiger partial charge in [0.2, 0.25) is 0 Å². The van der Waals surface area contributed by atoms with Crippen LogP contribution < -0.4 is 0 Å². The van der Waals surface area contributed by atoms with E-state index >= 15 is 0 Å². The molecule has 0 saturated heterocycles. The predicted molar refractivity (Wildman–Crippen MR) is 58.3 cm³/mol. The molecule has 0 spiro atoms. The number of hydrogen-bond donors (Lipinski definition) is 0. The number of aromatic nitrogens is 4. The molecule has 1 aromatic heterocycles. The van der Waals surface area contributed by atoms with Gasteiger partial charge in [-0.15, -0.1) is 5.10 Å². The van der Waals surface area contributed by atoms with Crippen LogP contribution >= 0.6 is 0 Å². The number of carbonyl (C=O) groups is 1. The maximum Gasteiger partial charge on any atom is 0.277 e. The van der Waals surface area contributed by atoms with Gasteiger partial charge in [0.1, 0.15) is 6.33 Å². The van der Waals surface area contributed by atoms with Crippen molar-refractivity contribution < 1.29 is 9.63 Å². The fourth-order valence-corrected chi connectivity index (χ4v) is 1.33. The Morgan fingerprint density at radius 1 is 1.47 bits per heavy atom. The van der Waals surface area contributed by atoms with Crippen LogP contribution in [-0.4, -0.2) is 45.3 Å². The lowest BCUT2D eigenvalue weighted by Gasteiger charge is -2.13. The summed E-state index contributed by atoms with van der Waals surface area (Å²) in [6, 6.07) is 6.95. The molecule has 0 aliphatic heterocycles. The summed E-state index contributed by atoms with van der Waals surface area (Å²) in [6.07, 6.45) is 1.46. The molecular weight excluding hydrogens is 222 g/mol. The summed E-state index contributed by atoms with van der Waals surface area (Å²) >= 11 is 0. The van der Waals surface area contributed by atoms with E-state index in [1.807, 2.05) is 0 Å². The summed E-state index contributed by atoms with van der Waals surface area (Å²) in [4.78, 5) is 16.7. The van der Waals surface area contributed by atoms with Gasteiger partial charge in [0, 0.05) is 12.6 Å². The first kappa shape index (κ1) is 11.2. The Morgan fingerprint density at radius 2 is 2.29 bits per heavy atom. The summed E-state index contributed by atoms with van der Waals surface area (Å²) in [6.45, 7) is 0. The third-order valence-electron chi connectivity index (χ3n) is 2.27. The highest BCUT2D eigenvalue weighted by Gasteiger charge is 2.12. The molecule has 2 rings (SSSR count). The van der Waals surface area contributed by atoms with Gasteiger partial charge in [0.05, 0.1) is 12.8 Å². The van der Waals surface area contributed by atoms with Gasteiger partial charge in [-0.2, -0.15) is 0 Å². The first-order valence-corrected chi connectivity index (χ1v) is 4.88. The summed E-state index contributed by atoms with van der Waals surface area (Å²) in [5.74, 6) is -0.234. The van der Waals surface area contributed by atoms with Crippen LogP contribution in [0.25, 0.3) is 5.69 Å². The number of hydroxylamine groups is 2. The van der Waals surface area contributed by atoms with Crippen LogP contribution in [0, 0.1) is 0 Å². The maximum absolute atomic E-state index is 11.8. The minimum Gasteiger partial charge on any atom is -0.274 e. The van der Waals surface area contributed by atoms with Gasteiger partial charge in [0.15, 0.2) is 0 Å². The average molecular weight is 233 g/mol. The largest absolute Gasteiger partial charge is 0.277 e. The van der Waals surface area contributed by atoms with Crippen LogP contribution in [-0.2, 0) is 4.84 Å². The highest BCUT2D eigenvalue weighted by Crippen LogP contribution is 2.10. The van der Waals surface area contributed by atoms with E-state index in [4.69, 9.17) is 4.84 Å². The number of tetrazole rings is 1. The monoisotopic (exact) mass is 233 g/mol. The van der Waals surface area contributed by atoms with E-state index in [2.05, 4.69) is 15.5 Å². The van der Waals surface area contributed by atoms with Crippen molar-refractivity contribution in [3.05, 3.63) is 36.2 Å². The number of rotatable bonds is 3. The van der Waals surface area contributed by atoms with Crippen molar-refractivity contribution in [3.63, 3.8) is 0 Å². The molecule has 0 atom stereocenters. The topological polar surface area (TPSA) is 73.1 Å². The SMILES string of the molecule is CON(C)C(=O)c1cccc(-n2cnnn2)c1. The third-order valence-corrected chi connectivity index (χ3v) is 2.27. The van der Waals surface area contributed by atoms with Gasteiger partial charge >= 0.3 is 0 Å². The number of nitrogens with zero attached hydrogens (tertiary/aromatic N) is 5. The van der Waals surface area contributed by atoms with Crippen molar-refractivity contribution in [1.29, 1.82) is 0 Å². The van der Waals surface area contributed by atoms with Gasteiger partial charge in [-0.3, -0.25) is 9.63 Å². The van der Waals surface area contributed by atoms with Crippen LogP contribution in [0.3, 0.4) is 0 Å². The predicted octanol–water partition coefficient (Wildman–Crippen LogP) is 0.296. The molecule has 2 aromatic rings.